The summed E-state index contributed by atoms with van der Waals surface area (Å²) in [4.78, 5) is 0. The van der Waals surface area contributed by atoms with Crippen molar-refractivity contribution in [3.05, 3.63) is 82.4 Å². The SMILES string of the molecule is C=Cc1ccc(C(CC)(CC)/C(=C/C)c2cccc(C)c2C=N)cc1CC. The molecule has 0 atom stereocenters. The van der Waals surface area contributed by atoms with Gasteiger partial charge in [0.1, 0.15) is 0 Å². The highest BCUT2D eigenvalue weighted by atomic mass is 14.4. The molecule has 0 aromatic heterocycles. The average molecular weight is 360 g/mol. The Kier molecular flexibility index (Phi) is 6.96. The second-order valence-corrected chi connectivity index (χ2v) is 7.14. The van der Waals surface area contributed by atoms with Crippen molar-refractivity contribution in [1.82, 2.24) is 0 Å². The van der Waals surface area contributed by atoms with Gasteiger partial charge in [-0.3, -0.25) is 0 Å². The van der Waals surface area contributed by atoms with Crippen molar-refractivity contribution in [2.24, 2.45) is 0 Å². The summed E-state index contributed by atoms with van der Waals surface area (Å²) >= 11 is 0. The van der Waals surface area contributed by atoms with Crippen LogP contribution in [0.1, 0.15) is 73.9 Å². The van der Waals surface area contributed by atoms with Crippen LogP contribution in [0.3, 0.4) is 0 Å². The van der Waals surface area contributed by atoms with E-state index in [1.54, 1.807) is 0 Å². The Morgan fingerprint density at radius 2 is 1.81 bits per heavy atom. The molecule has 0 spiro atoms. The molecule has 0 amide bonds. The Morgan fingerprint density at radius 3 is 2.33 bits per heavy atom. The lowest BCUT2D eigenvalue weighted by atomic mass is 9.66. The number of hydrogen-bond donors (Lipinski definition) is 1. The van der Waals surface area contributed by atoms with Gasteiger partial charge in [-0.2, -0.15) is 0 Å². The number of nitrogens with one attached hydrogen (secondary N) is 1. The van der Waals surface area contributed by atoms with Gasteiger partial charge in [-0.05, 0) is 66.5 Å². The van der Waals surface area contributed by atoms with E-state index >= 15 is 0 Å². The van der Waals surface area contributed by atoms with E-state index in [1.807, 2.05) is 6.08 Å². The fourth-order valence-electron chi connectivity index (χ4n) is 4.40. The van der Waals surface area contributed by atoms with Gasteiger partial charge in [-0.1, -0.05) is 75.9 Å². The highest BCUT2D eigenvalue weighted by Crippen LogP contribution is 2.45. The van der Waals surface area contributed by atoms with Crippen LogP contribution < -0.4 is 0 Å². The molecule has 0 aliphatic rings. The monoisotopic (exact) mass is 359 g/mol. The van der Waals surface area contributed by atoms with E-state index in [0.29, 0.717) is 0 Å². The molecule has 2 aromatic carbocycles. The predicted molar refractivity (Wildman–Crippen MR) is 121 cm³/mol. The quantitative estimate of drug-likeness (QED) is 0.476. The van der Waals surface area contributed by atoms with Gasteiger partial charge in [0.05, 0.1) is 0 Å². The Morgan fingerprint density at radius 1 is 1.11 bits per heavy atom. The molecule has 0 saturated heterocycles. The van der Waals surface area contributed by atoms with Gasteiger partial charge in [-0.25, -0.2) is 0 Å². The van der Waals surface area contributed by atoms with Crippen molar-refractivity contribution in [2.45, 2.75) is 59.3 Å². The highest BCUT2D eigenvalue weighted by Gasteiger charge is 2.34. The summed E-state index contributed by atoms with van der Waals surface area (Å²) in [5, 5.41) is 7.97. The highest BCUT2D eigenvalue weighted by molar-refractivity contribution is 5.91. The van der Waals surface area contributed by atoms with Crippen LogP contribution >= 0.6 is 0 Å². The molecule has 0 aliphatic carbocycles. The molecule has 0 bridgehead atoms. The Hall–Kier alpha value is -2.41. The van der Waals surface area contributed by atoms with E-state index in [0.717, 1.165) is 30.4 Å². The largest absolute Gasteiger partial charge is 0.308 e. The van der Waals surface area contributed by atoms with E-state index in [4.69, 9.17) is 5.41 Å². The smallest absolute Gasteiger partial charge is 0.0259 e. The molecule has 27 heavy (non-hydrogen) atoms. The zero-order chi connectivity index (χ0) is 20.0. The maximum atomic E-state index is 7.97. The molecule has 0 unspecified atom stereocenters. The minimum Gasteiger partial charge on any atom is -0.308 e. The summed E-state index contributed by atoms with van der Waals surface area (Å²) in [5.74, 6) is 0. The van der Waals surface area contributed by atoms with Crippen molar-refractivity contribution in [2.75, 3.05) is 0 Å². The molecule has 142 valence electrons. The number of hydrogen-bond acceptors (Lipinski definition) is 1. The Bertz CT molecular complexity index is 851. The number of aryl methyl sites for hydroxylation is 2. The second kappa shape index (κ2) is 8.99. The summed E-state index contributed by atoms with van der Waals surface area (Å²) in [6, 6.07) is 13.2. The Balaban J connectivity index is 2.77. The van der Waals surface area contributed by atoms with Crippen LogP contribution in [0.15, 0.2) is 49.1 Å². The number of allylic oxidation sites excluding steroid dienone is 2. The normalized spacial score (nSPS) is 12.1. The molecule has 0 fully saturated rings. The minimum atomic E-state index is -0.0656. The van der Waals surface area contributed by atoms with Crippen molar-refractivity contribution in [1.29, 1.82) is 5.41 Å². The van der Waals surface area contributed by atoms with Crippen molar-refractivity contribution in [3.8, 4) is 0 Å². The molecule has 2 rings (SSSR count). The third-order valence-electron chi connectivity index (χ3n) is 6.07. The summed E-state index contributed by atoms with van der Waals surface area (Å²) in [6.45, 7) is 14.9. The fourth-order valence-corrected chi connectivity index (χ4v) is 4.40. The Labute approximate surface area is 165 Å². The van der Waals surface area contributed by atoms with Crippen LogP contribution in [0, 0.1) is 12.3 Å². The minimum absolute atomic E-state index is 0.0656. The van der Waals surface area contributed by atoms with E-state index in [9.17, 15) is 0 Å². The lowest BCUT2D eigenvalue weighted by Gasteiger charge is -2.37. The summed E-state index contributed by atoms with van der Waals surface area (Å²) in [6.07, 6.45) is 8.74. The summed E-state index contributed by atoms with van der Waals surface area (Å²) in [7, 11) is 0. The first-order valence-electron chi connectivity index (χ1n) is 10.1. The molecule has 0 heterocycles. The van der Waals surface area contributed by atoms with Crippen LogP contribution in [0.5, 0.6) is 0 Å². The average Bonchev–Trinajstić information content (AvgIpc) is 2.71. The zero-order valence-electron chi connectivity index (χ0n) is 17.5. The summed E-state index contributed by atoms with van der Waals surface area (Å²) < 4.78 is 0. The zero-order valence-corrected chi connectivity index (χ0v) is 17.5. The standard InChI is InChI=1S/C26H33N/c1-7-20-15-16-22(17-21(20)8-2)26(10-4,11-5)25(9-3)23-14-12-13-19(6)24(23)18-27/h7,9,12-18,27H,1,8,10-11H2,2-6H3/b25-9+,27-18?. The van der Waals surface area contributed by atoms with Crippen LogP contribution in [0.4, 0.5) is 0 Å². The third-order valence-corrected chi connectivity index (χ3v) is 6.07. The second-order valence-electron chi connectivity index (χ2n) is 7.14. The molecule has 1 heteroatoms. The van der Waals surface area contributed by atoms with E-state index < -0.39 is 0 Å². The van der Waals surface area contributed by atoms with Gasteiger partial charge in [-0.15, -0.1) is 0 Å². The van der Waals surface area contributed by atoms with Gasteiger partial charge >= 0.3 is 0 Å². The first-order chi connectivity index (χ1) is 13.0. The van der Waals surface area contributed by atoms with Crippen LogP contribution in [0.25, 0.3) is 11.6 Å². The van der Waals surface area contributed by atoms with Crippen molar-refractivity contribution < 1.29 is 0 Å². The van der Waals surface area contributed by atoms with Crippen LogP contribution in [0.2, 0.25) is 0 Å². The van der Waals surface area contributed by atoms with Gasteiger partial charge in [0, 0.05) is 17.2 Å². The molecule has 2 aromatic rings. The van der Waals surface area contributed by atoms with Crippen LogP contribution in [-0.4, -0.2) is 6.21 Å². The first-order valence-corrected chi connectivity index (χ1v) is 10.1. The van der Waals surface area contributed by atoms with E-state index in [2.05, 4.69) is 83.7 Å². The molecule has 1 N–H and O–H groups in total. The molecule has 0 radical (unpaired) electrons. The van der Waals surface area contributed by atoms with Crippen molar-refractivity contribution >= 4 is 17.9 Å². The predicted octanol–water partition coefficient (Wildman–Crippen LogP) is 7.36. The number of rotatable bonds is 8. The molecular formula is C26H33N. The molecule has 0 aliphatic heterocycles. The van der Waals surface area contributed by atoms with E-state index in [-0.39, 0.29) is 5.41 Å². The van der Waals surface area contributed by atoms with Gasteiger partial charge in [0.15, 0.2) is 0 Å². The van der Waals surface area contributed by atoms with Gasteiger partial charge in [0.25, 0.3) is 0 Å². The van der Waals surface area contributed by atoms with E-state index in [1.165, 1.54) is 34.0 Å². The third kappa shape index (κ3) is 3.69. The fraction of sp³-hybridized carbons (Fsp3) is 0.346. The first kappa shape index (κ1) is 20.9. The molecule has 0 saturated carbocycles. The molecule has 1 nitrogen and oxygen atoms in total. The topological polar surface area (TPSA) is 23.9 Å². The van der Waals surface area contributed by atoms with Crippen LogP contribution in [-0.2, 0) is 11.8 Å². The van der Waals surface area contributed by atoms with Gasteiger partial charge < -0.3 is 5.41 Å². The summed E-state index contributed by atoms with van der Waals surface area (Å²) in [5.41, 5.74) is 8.55. The lowest BCUT2D eigenvalue weighted by molar-refractivity contribution is 0.514. The maximum Gasteiger partial charge on any atom is 0.0259 e. The van der Waals surface area contributed by atoms with Gasteiger partial charge in [0.2, 0.25) is 0 Å². The van der Waals surface area contributed by atoms with Crippen molar-refractivity contribution in [3.63, 3.8) is 0 Å². The maximum absolute atomic E-state index is 7.97. The number of benzene rings is 2. The lowest BCUT2D eigenvalue weighted by Crippen LogP contribution is -2.27. The molecular weight excluding hydrogens is 326 g/mol.